The van der Waals surface area contributed by atoms with Crippen molar-refractivity contribution >= 4 is 0 Å². The molecule has 4 heteroatoms. The van der Waals surface area contributed by atoms with E-state index >= 15 is 0 Å². The Hall–Kier alpha value is -0.970. The molecule has 1 saturated heterocycles. The lowest BCUT2D eigenvalue weighted by atomic mass is 9.91. The summed E-state index contributed by atoms with van der Waals surface area (Å²) in [5, 5.41) is 13.8. The average Bonchev–Trinajstić information content (AvgIpc) is 2.39. The lowest BCUT2D eigenvalue weighted by Gasteiger charge is -2.38. The smallest absolute Gasteiger partial charge is 0.127 e. The highest BCUT2D eigenvalue weighted by molar-refractivity contribution is 5.20. The number of nitrogens with zero attached hydrogens (tertiary/aromatic N) is 1. The molecule has 1 aromatic rings. The Morgan fingerprint density at radius 1 is 1.37 bits per heavy atom. The van der Waals surface area contributed by atoms with Gasteiger partial charge in [0.1, 0.15) is 5.82 Å². The molecular weight excluding hydrogens is 243 g/mol. The molecule has 1 aromatic carbocycles. The van der Waals surface area contributed by atoms with Crippen LogP contribution in [0.2, 0.25) is 0 Å². The van der Waals surface area contributed by atoms with Crippen LogP contribution in [0.25, 0.3) is 0 Å². The Bertz CT molecular complexity index is 418. The molecule has 1 heterocycles. The van der Waals surface area contributed by atoms with Gasteiger partial charge < -0.3 is 10.4 Å². The van der Waals surface area contributed by atoms with E-state index in [9.17, 15) is 9.50 Å². The van der Waals surface area contributed by atoms with Crippen molar-refractivity contribution in [1.29, 1.82) is 0 Å². The molecule has 2 rings (SSSR count). The number of rotatable bonds is 4. The van der Waals surface area contributed by atoms with E-state index < -0.39 is 5.60 Å². The van der Waals surface area contributed by atoms with E-state index in [4.69, 9.17) is 0 Å². The third kappa shape index (κ3) is 3.53. The molecule has 1 aliphatic heterocycles. The zero-order valence-corrected chi connectivity index (χ0v) is 11.7. The second-order valence-electron chi connectivity index (χ2n) is 5.59. The van der Waals surface area contributed by atoms with Crippen molar-refractivity contribution in [3.05, 3.63) is 35.6 Å². The van der Waals surface area contributed by atoms with Gasteiger partial charge in [0, 0.05) is 18.2 Å². The normalized spacial score (nSPS) is 20.5. The lowest BCUT2D eigenvalue weighted by Crippen LogP contribution is -2.49. The van der Waals surface area contributed by atoms with Gasteiger partial charge in [0.15, 0.2) is 0 Å². The number of hydrogen-bond acceptors (Lipinski definition) is 3. The van der Waals surface area contributed by atoms with E-state index in [1.165, 1.54) is 6.07 Å². The van der Waals surface area contributed by atoms with Gasteiger partial charge in [-0.25, -0.2) is 4.39 Å². The maximum absolute atomic E-state index is 13.8. The van der Waals surface area contributed by atoms with Gasteiger partial charge in [-0.15, -0.1) is 0 Å². The minimum Gasteiger partial charge on any atom is -0.388 e. The van der Waals surface area contributed by atoms with Gasteiger partial charge in [-0.05, 0) is 46.0 Å². The predicted molar refractivity (Wildman–Crippen MR) is 74.5 cm³/mol. The molecule has 0 amide bonds. The second kappa shape index (κ2) is 5.99. The van der Waals surface area contributed by atoms with E-state index in [2.05, 4.69) is 5.32 Å². The fourth-order valence-corrected chi connectivity index (χ4v) is 2.70. The maximum atomic E-state index is 13.8. The van der Waals surface area contributed by atoms with Crippen LogP contribution in [-0.4, -0.2) is 42.3 Å². The summed E-state index contributed by atoms with van der Waals surface area (Å²) in [6.07, 6.45) is 1.50. The van der Waals surface area contributed by atoms with E-state index in [0.717, 1.165) is 25.9 Å². The van der Waals surface area contributed by atoms with Crippen molar-refractivity contribution in [3.63, 3.8) is 0 Å². The molecule has 3 nitrogen and oxygen atoms in total. The molecule has 0 bridgehead atoms. The molecule has 19 heavy (non-hydrogen) atoms. The molecule has 0 spiro atoms. The third-order valence-electron chi connectivity index (χ3n) is 4.09. The summed E-state index contributed by atoms with van der Waals surface area (Å²) in [6.45, 7) is 4.24. The van der Waals surface area contributed by atoms with E-state index in [-0.39, 0.29) is 11.9 Å². The summed E-state index contributed by atoms with van der Waals surface area (Å²) in [5.74, 6) is -0.181. The van der Waals surface area contributed by atoms with Gasteiger partial charge in [-0.2, -0.15) is 0 Å². The second-order valence-corrected chi connectivity index (χ2v) is 5.59. The quantitative estimate of drug-likeness (QED) is 0.874. The van der Waals surface area contributed by atoms with Crippen LogP contribution < -0.4 is 5.32 Å². The van der Waals surface area contributed by atoms with Crippen molar-refractivity contribution < 1.29 is 9.50 Å². The monoisotopic (exact) mass is 266 g/mol. The lowest BCUT2D eigenvalue weighted by molar-refractivity contribution is -0.0230. The Labute approximate surface area is 114 Å². The number of nitrogens with one attached hydrogen (secondary N) is 1. The van der Waals surface area contributed by atoms with Crippen LogP contribution in [0.15, 0.2) is 24.3 Å². The van der Waals surface area contributed by atoms with E-state index in [1.54, 1.807) is 6.07 Å². The number of piperidine rings is 1. The predicted octanol–water partition coefficient (Wildman–Crippen LogP) is 1.93. The van der Waals surface area contributed by atoms with Gasteiger partial charge in [0.25, 0.3) is 0 Å². The summed E-state index contributed by atoms with van der Waals surface area (Å²) >= 11 is 0. The average molecular weight is 266 g/mol. The minimum absolute atomic E-state index is 0.0416. The van der Waals surface area contributed by atoms with Crippen molar-refractivity contribution in [1.82, 2.24) is 10.2 Å². The zero-order chi connectivity index (χ0) is 13.9. The molecular formula is C15H23FN2O. The minimum atomic E-state index is -0.653. The van der Waals surface area contributed by atoms with E-state index in [1.807, 2.05) is 31.0 Å². The Morgan fingerprint density at radius 2 is 2.00 bits per heavy atom. The van der Waals surface area contributed by atoms with Gasteiger partial charge in [-0.1, -0.05) is 18.2 Å². The molecule has 1 fully saturated rings. The molecule has 0 radical (unpaired) electrons. The van der Waals surface area contributed by atoms with Crippen molar-refractivity contribution in [2.75, 3.05) is 26.7 Å². The standard InChI is InChI=1S/C15H23FN2O/c1-12(13-5-3-4-6-14(13)16)18(2)11-15(19)7-9-17-10-8-15/h3-6,12,17,19H,7-11H2,1-2H3. The molecule has 0 aromatic heterocycles. The van der Waals surface area contributed by atoms with Crippen LogP contribution in [0.4, 0.5) is 4.39 Å². The first-order valence-corrected chi connectivity index (χ1v) is 6.90. The van der Waals surface area contributed by atoms with Gasteiger partial charge in [0.2, 0.25) is 0 Å². The van der Waals surface area contributed by atoms with Gasteiger partial charge >= 0.3 is 0 Å². The highest BCUT2D eigenvalue weighted by Gasteiger charge is 2.32. The summed E-state index contributed by atoms with van der Waals surface area (Å²) in [5.41, 5.74) is 0.0296. The van der Waals surface area contributed by atoms with Crippen molar-refractivity contribution in [2.45, 2.75) is 31.4 Å². The summed E-state index contributed by atoms with van der Waals surface area (Å²) in [7, 11) is 1.94. The van der Waals surface area contributed by atoms with Crippen LogP contribution >= 0.6 is 0 Å². The largest absolute Gasteiger partial charge is 0.388 e. The topological polar surface area (TPSA) is 35.5 Å². The number of halogens is 1. The summed E-state index contributed by atoms with van der Waals surface area (Å²) in [4.78, 5) is 2.03. The summed E-state index contributed by atoms with van der Waals surface area (Å²) < 4.78 is 13.8. The molecule has 0 saturated carbocycles. The highest BCUT2D eigenvalue weighted by Crippen LogP contribution is 2.26. The Morgan fingerprint density at radius 3 is 2.63 bits per heavy atom. The van der Waals surface area contributed by atoms with Crippen LogP contribution in [0.5, 0.6) is 0 Å². The van der Waals surface area contributed by atoms with Crippen LogP contribution in [0, 0.1) is 5.82 Å². The first-order valence-electron chi connectivity index (χ1n) is 6.90. The SMILES string of the molecule is CC(c1ccccc1F)N(C)CC1(O)CCNCC1. The summed E-state index contributed by atoms with van der Waals surface area (Å²) in [6, 6.07) is 6.80. The van der Waals surface area contributed by atoms with Crippen molar-refractivity contribution in [3.8, 4) is 0 Å². The molecule has 106 valence electrons. The van der Waals surface area contributed by atoms with Gasteiger partial charge in [-0.3, -0.25) is 4.90 Å². The zero-order valence-electron chi connectivity index (χ0n) is 11.7. The fourth-order valence-electron chi connectivity index (χ4n) is 2.70. The van der Waals surface area contributed by atoms with Crippen LogP contribution in [0.3, 0.4) is 0 Å². The number of aliphatic hydroxyl groups is 1. The first kappa shape index (κ1) is 14.4. The molecule has 1 atom stereocenters. The Kier molecular flexibility index (Phi) is 4.55. The van der Waals surface area contributed by atoms with Crippen LogP contribution in [0.1, 0.15) is 31.4 Å². The molecule has 0 aliphatic carbocycles. The number of hydrogen-bond donors (Lipinski definition) is 2. The van der Waals surface area contributed by atoms with E-state index in [0.29, 0.717) is 12.1 Å². The Balaban J connectivity index is 2.03. The van der Waals surface area contributed by atoms with Crippen molar-refractivity contribution in [2.24, 2.45) is 0 Å². The maximum Gasteiger partial charge on any atom is 0.127 e. The first-order chi connectivity index (χ1) is 9.02. The highest BCUT2D eigenvalue weighted by atomic mass is 19.1. The third-order valence-corrected chi connectivity index (χ3v) is 4.09. The number of benzene rings is 1. The molecule has 1 aliphatic rings. The van der Waals surface area contributed by atoms with Gasteiger partial charge in [0.05, 0.1) is 5.60 Å². The van der Waals surface area contributed by atoms with Crippen LogP contribution in [-0.2, 0) is 0 Å². The number of likely N-dealkylation sites (N-methyl/N-ethyl adjacent to an activating group) is 1. The fraction of sp³-hybridized carbons (Fsp3) is 0.600. The molecule has 2 N–H and O–H groups in total. The molecule has 1 unspecified atom stereocenters.